The van der Waals surface area contributed by atoms with Gasteiger partial charge in [-0.3, -0.25) is 4.79 Å². The van der Waals surface area contributed by atoms with Crippen LogP contribution in [0.5, 0.6) is 0 Å². The zero-order chi connectivity index (χ0) is 14.5. The van der Waals surface area contributed by atoms with Crippen molar-refractivity contribution in [3.8, 4) is 0 Å². The van der Waals surface area contributed by atoms with Crippen molar-refractivity contribution in [2.45, 2.75) is 58.3 Å². The maximum absolute atomic E-state index is 11.5. The molecule has 110 valence electrons. The molecule has 0 aliphatic rings. The second kappa shape index (κ2) is 11.2. The summed E-state index contributed by atoms with van der Waals surface area (Å²) >= 11 is 0. The van der Waals surface area contributed by atoms with E-state index in [1.165, 1.54) is 32.1 Å². The first-order chi connectivity index (χ1) is 9.83. The summed E-state index contributed by atoms with van der Waals surface area (Å²) < 4.78 is 0. The molecule has 0 saturated carbocycles. The van der Waals surface area contributed by atoms with Gasteiger partial charge >= 0.3 is 0 Å². The molecule has 1 aromatic rings. The Morgan fingerprint density at radius 1 is 1.05 bits per heavy atom. The number of hydrogen-bond donors (Lipinski definition) is 1. The van der Waals surface area contributed by atoms with E-state index in [2.05, 4.69) is 17.5 Å². The predicted octanol–water partition coefficient (Wildman–Crippen LogP) is 4.28. The molecule has 0 bridgehead atoms. The standard InChI is InChI=1S/C17H26N2O/c1-2-3-4-5-6-7-11-14-17(20)19-18-15-16-12-9-8-10-13-16/h8-10,12-13,15H,2-7,11,14H2,1H3,(H,19,20). The van der Waals surface area contributed by atoms with Crippen LogP contribution in [0.4, 0.5) is 0 Å². The fraction of sp³-hybridized carbons (Fsp3) is 0.529. The lowest BCUT2D eigenvalue weighted by molar-refractivity contribution is -0.121. The van der Waals surface area contributed by atoms with Crippen LogP contribution in [0.2, 0.25) is 0 Å². The minimum Gasteiger partial charge on any atom is -0.273 e. The maximum atomic E-state index is 11.5. The highest BCUT2D eigenvalue weighted by Gasteiger charge is 1.99. The van der Waals surface area contributed by atoms with Gasteiger partial charge < -0.3 is 0 Å². The number of hydrazone groups is 1. The van der Waals surface area contributed by atoms with Gasteiger partial charge in [0.1, 0.15) is 0 Å². The van der Waals surface area contributed by atoms with Crippen LogP contribution in [0, 0.1) is 0 Å². The van der Waals surface area contributed by atoms with Crippen LogP contribution < -0.4 is 5.43 Å². The molecule has 0 atom stereocenters. The van der Waals surface area contributed by atoms with Crippen molar-refractivity contribution in [1.82, 2.24) is 5.43 Å². The molecule has 3 heteroatoms. The molecule has 0 aliphatic heterocycles. The molecule has 1 N–H and O–H groups in total. The van der Waals surface area contributed by atoms with Crippen molar-refractivity contribution in [2.75, 3.05) is 0 Å². The van der Waals surface area contributed by atoms with Gasteiger partial charge in [0, 0.05) is 6.42 Å². The number of unbranched alkanes of at least 4 members (excludes halogenated alkanes) is 6. The molecule has 0 fully saturated rings. The van der Waals surface area contributed by atoms with E-state index in [0.29, 0.717) is 6.42 Å². The number of nitrogens with one attached hydrogen (secondary N) is 1. The van der Waals surface area contributed by atoms with E-state index in [1.807, 2.05) is 30.3 Å². The fourth-order valence-electron chi connectivity index (χ4n) is 2.02. The average Bonchev–Trinajstić information content (AvgIpc) is 2.47. The van der Waals surface area contributed by atoms with Gasteiger partial charge in [-0.05, 0) is 12.0 Å². The fourth-order valence-corrected chi connectivity index (χ4v) is 2.02. The van der Waals surface area contributed by atoms with E-state index >= 15 is 0 Å². The van der Waals surface area contributed by atoms with Gasteiger partial charge in [0.15, 0.2) is 0 Å². The van der Waals surface area contributed by atoms with Crippen LogP contribution in [0.3, 0.4) is 0 Å². The molecule has 0 aromatic heterocycles. The molecule has 0 spiro atoms. The molecular weight excluding hydrogens is 248 g/mol. The van der Waals surface area contributed by atoms with Crippen LogP contribution in [0.15, 0.2) is 35.4 Å². The number of amides is 1. The summed E-state index contributed by atoms with van der Waals surface area (Å²) in [5.41, 5.74) is 3.56. The van der Waals surface area contributed by atoms with E-state index < -0.39 is 0 Å². The number of rotatable bonds is 10. The Balaban J connectivity index is 2.02. The Labute approximate surface area is 122 Å². The van der Waals surface area contributed by atoms with Gasteiger partial charge in [0.25, 0.3) is 0 Å². The van der Waals surface area contributed by atoms with Crippen molar-refractivity contribution in [2.24, 2.45) is 5.10 Å². The largest absolute Gasteiger partial charge is 0.273 e. The molecule has 0 unspecified atom stereocenters. The van der Waals surface area contributed by atoms with Gasteiger partial charge in [-0.1, -0.05) is 75.8 Å². The SMILES string of the molecule is CCCCCCCCCC(=O)NN=Cc1ccccc1. The smallest absolute Gasteiger partial charge is 0.240 e. The lowest BCUT2D eigenvalue weighted by Crippen LogP contribution is -2.16. The van der Waals surface area contributed by atoms with E-state index in [1.54, 1.807) is 6.21 Å². The van der Waals surface area contributed by atoms with Crippen LogP contribution in [0.1, 0.15) is 63.9 Å². The molecule has 0 aliphatic carbocycles. The summed E-state index contributed by atoms with van der Waals surface area (Å²) in [5, 5.41) is 3.96. The van der Waals surface area contributed by atoms with Crippen molar-refractivity contribution < 1.29 is 4.79 Å². The summed E-state index contributed by atoms with van der Waals surface area (Å²) in [6.45, 7) is 2.22. The Bertz CT molecular complexity index is 387. The van der Waals surface area contributed by atoms with Gasteiger partial charge in [-0.25, -0.2) is 5.43 Å². The molecule has 0 radical (unpaired) electrons. The second-order valence-corrected chi connectivity index (χ2v) is 5.08. The van der Waals surface area contributed by atoms with Crippen LogP contribution >= 0.6 is 0 Å². The Hall–Kier alpha value is -1.64. The highest BCUT2D eigenvalue weighted by molar-refractivity contribution is 5.82. The Morgan fingerprint density at radius 3 is 2.40 bits per heavy atom. The van der Waals surface area contributed by atoms with Gasteiger partial charge in [-0.2, -0.15) is 5.10 Å². The van der Waals surface area contributed by atoms with Crippen molar-refractivity contribution >= 4 is 12.1 Å². The Kier molecular flexibility index (Phi) is 9.20. The third-order valence-electron chi connectivity index (χ3n) is 3.21. The molecule has 0 saturated heterocycles. The van der Waals surface area contributed by atoms with E-state index in [0.717, 1.165) is 18.4 Å². The minimum atomic E-state index is 0.00531. The topological polar surface area (TPSA) is 41.5 Å². The molecule has 0 heterocycles. The quantitative estimate of drug-likeness (QED) is 0.386. The van der Waals surface area contributed by atoms with Crippen LogP contribution in [-0.4, -0.2) is 12.1 Å². The monoisotopic (exact) mass is 274 g/mol. The van der Waals surface area contributed by atoms with E-state index in [-0.39, 0.29) is 5.91 Å². The summed E-state index contributed by atoms with van der Waals surface area (Å²) in [6, 6.07) is 9.75. The lowest BCUT2D eigenvalue weighted by Gasteiger charge is -2.01. The normalized spacial score (nSPS) is 10.8. The highest BCUT2D eigenvalue weighted by Crippen LogP contribution is 2.08. The van der Waals surface area contributed by atoms with Crippen LogP contribution in [-0.2, 0) is 4.79 Å². The molecule has 1 aromatic carbocycles. The first-order valence-electron chi connectivity index (χ1n) is 7.70. The third kappa shape index (κ3) is 8.46. The first-order valence-corrected chi connectivity index (χ1v) is 7.70. The van der Waals surface area contributed by atoms with Crippen molar-refractivity contribution in [3.63, 3.8) is 0 Å². The summed E-state index contributed by atoms with van der Waals surface area (Å²) in [6.07, 6.45) is 10.8. The highest BCUT2D eigenvalue weighted by atomic mass is 16.2. The summed E-state index contributed by atoms with van der Waals surface area (Å²) in [4.78, 5) is 11.5. The summed E-state index contributed by atoms with van der Waals surface area (Å²) in [7, 11) is 0. The number of hydrogen-bond acceptors (Lipinski definition) is 2. The lowest BCUT2D eigenvalue weighted by atomic mass is 10.1. The van der Waals surface area contributed by atoms with Crippen molar-refractivity contribution in [1.29, 1.82) is 0 Å². The zero-order valence-corrected chi connectivity index (χ0v) is 12.5. The minimum absolute atomic E-state index is 0.00531. The van der Waals surface area contributed by atoms with Gasteiger partial charge in [0.2, 0.25) is 5.91 Å². The number of carbonyl (C=O) groups is 1. The molecule has 1 amide bonds. The molecule has 20 heavy (non-hydrogen) atoms. The van der Waals surface area contributed by atoms with Crippen LogP contribution in [0.25, 0.3) is 0 Å². The summed E-state index contributed by atoms with van der Waals surface area (Å²) in [5.74, 6) is 0.00531. The second-order valence-electron chi connectivity index (χ2n) is 5.08. The van der Waals surface area contributed by atoms with Crippen molar-refractivity contribution in [3.05, 3.63) is 35.9 Å². The number of benzene rings is 1. The molecular formula is C17H26N2O. The Morgan fingerprint density at radius 2 is 1.70 bits per heavy atom. The number of nitrogens with zero attached hydrogens (tertiary/aromatic N) is 1. The van der Waals surface area contributed by atoms with E-state index in [4.69, 9.17) is 0 Å². The average molecular weight is 274 g/mol. The molecule has 3 nitrogen and oxygen atoms in total. The maximum Gasteiger partial charge on any atom is 0.240 e. The molecule has 1 rings (SSSR count). The van der Waals surface area contributed by atoms with Gasteiger partial charge in [-0.15, -0.1) is 0 Å². The first kappa shape index (κ1) is 16.4. The van der Waals surface area contributed by atoms with Gasteiger partial charge in [0.05, 0.1) is 6.21 Å². The predicted molar refractivity (Wildman–Crippen MR) is 84.8 cm³/mol. The zero-order valence-electron chi connectivity index (χ0n) is 12.5. The number of carbonyl (C=O) groups excluding carboxylic acids is 1. The third-order valence-corrected chi connectivity index (χ3v) is 3.21. The van der Waals surface area contributed by atoms with E-state index in [9.17, 15) is 4.79 Å².